The van der Waals surface area contributed by atoms with Crippen molar-refractivity contribution < 1.29 is 19.8 Å². The molecule has 4 aromatic rings. The molecule has 1 aromatic heterocycles. The Morgan fingerprint density at radius 2 is 1.34 bits per heavy atom. The fourth-order valence-corrected chi connectivity index (χ4v) is 4.71. The minimum Gasteiger partial charge on any atom is -0.473 e. The third kappa shape index (κ3) is 6.94. The van der Waals surface area contributed by atoms with Gasteiger partial charge in [0.25, 0.3) is 0 Å². The van der Waals surface area contributed by atoms with Crippen molar-refractivity contribution >= 4 is 11.9 Å². The number of H-pyrrole nitrogens is 1. The lowest BCUT2D eigenvalue weighted by atomic mass is 9.96. The number of aromatic amines is 1. The first-order chi connectivity index (χ1) is 18.4. The molecular formula is C30H32N4O4. The molecule has 1 aliphatic heterocycles. The summed E-state index contributed by atoms with van der Waals surface area (Å²) in [7, 11) is 0. The van der Waals surface area contributed by atoms with Crippen LogP contribution in [0.15, 0.2) is 91.1 Å². The molecule has 0 spiro atoms. The number of benzene rings is 3. The lowest BCUT2D eigenvalue weighted by Gasteiger charge is -2.39. The van der Waals surface area contributed by atoms with Crippen LogP contribution < -0.4 is 0 Å². The van der Waals surface area contributed by atoms with E-state index in [0.29, 0.717) is 6.04 Å². The predicted molar refractivity (Wildman–Crippen MR) is 146 cm³/mol. The van der Waals surface area contributed by atoms with Crippen LogP contribution in [0.3, 0.4) is 0 Å². The van der Waals surface area contributed by atoms with Gasteiger partial charge in [0.2, 0.25) is 0 Å². The number of aliphatic carboxylic acids is 2. The van der Waals surface area contributed by atoms with Crippen LogP contribution in [0.1, 0.15) is 28.3 Å². The standard InChI is InChI=1S/C28H30N4.C2H2O4/c1-22-12-14-23(15-13-22)27-26(20-29-30-27)21-31-16-18-32(19-17-31)28(24-8-4-2-5-9-24)25-10-6-3-7-11-25;3-1(4)2(5)6/h2-15,20,28H,16-19,21H2,1H3,(H,29,30);(H,3,4)(H,5,6). The highest BCUT2D eigenvalue weighted by molar-refractivity contribution is 6.27. The van der Waals surface area contributed by atoms with Crippen molar-refractivity contribution in [2.75, 3.05) is 26.2 Å². The van der Waals surface area contributed by atoms with E-state index in [0.717, 1.165) is 38.4 Å². The highest BCUT2D eigenvalue weighted by Crippen LogP contribution is 2.30. The average molecular weight is 513 g/mol. The number of nitrogens with zero attached hydrogens (tertiary/aromatic N) is 3. The number of carbonyl (C=O) groups is 2. The molecule has 0 amide bonds. The van der Waals surface area contributed by atoms with Crippen LogP contribution in [0.4, 0.5) is 0 Å². The third-order valence-electron chi connectivity index (χ3n) is 6.64. The zero-order valence-electron chi connectivity index (χ0n) is 21.3. The molecule has 8 nitrogen and oxygen atoms in total. The Labute approximate surface area is 222 Å². The quantitative estimate of drug-likeness (QED) is 0.328. The van der Waals surface area contributed by atoms with Gasteiger partial charge in [-0.15, -0.1) is 0 Å². The minimum atomic E-state index is -1.82. The Hall–Kier alpha value is -4.27. The number of hydrogen-bond acceptors (Lipinski definition) is 5. The summed E-state index contributed by atoms with van der Waals surface area (Å²) in [6, 6.07) is 30.8. The van der Waals surface area contributed by atoms with Gasteiger partial charge in [-0.2, -0.15) is 5.10 Å². The van der Waals surface area contributed by atoms with Gasteiger partial charge < -0.3 is 10.2 Å². The number of hydrogen-bond donors (Lipinski definition) is 3. The van der Waals surface area contributed by atoms with Gasteiger partial charge in [-0.05, 0) is 23.6 Å². The molecule has 5 rings (SSSR count). The molecule has 0 atom stereocenters. The second-order valence-electron chi connectivity index (χ2n) is 9.28. The van der Waals surface area contributed by atoms with Gasteiger partial charge in [0.1, 0.15) is 0 Å². The van der Waals surface area contributed by atoms with E-state index in [1.165, 1.54) is 27.8 Å². The maximum Gasteiger partial charge on any atom is 0.414 e. The van der Waals surface area contributed by atoms with Gasteiger partial charge in [-0.1, -0.05) is 90.5 Å². The first-order valence-corrected chi connectivity index (χ1v) is 12.5. The molecule has 3 N–H and O–H groups in total. The summed E-state index contributed by atoms with van der Waals surface area (Å²) in [4.78, 5) is 23.4. The highest BCUT2D eigenvalue weighted by Gasteiger charge is 2.26. The lowest BCUT2D eigenvalue weighted by Crippen LogP contribution is -2.47. The monoisotopic (exact) mass is 512 g/mol. The molecule has 196 valence electrons. The van der Waals surface area contributed by atoms with E-state index in [-0.39, 0.29) is 0 Å². The molecule has 1 fully saturated rings. The number of rotatable bonds is 6. The van der Waals surface area contributed by atoms with E-state index in [2.05, 4.69) is 112 Å². The second-order valence-corrected chi connectivity index (χ2v) is 9.28. The van der Waals surface area contributed by atoms with Crippen molar-refractivity contribution in [1.29, 1.82) is 0 Å². The van der Waals surface area contributed by atoms with Crippen LogP contribution in [0.2, 0.25) is 0 Å². The summed E-state index contributed by atoms with van der Waals surface area (Å²) in [5.41, 5.74) is 7.61. The summed E-state index contributed by atoms with van der Waals surface area (Å²) in [5, 5.41) is 22.3. The number of carboxylic acid groups (broad SMARTS) is 2. The van der Waals surface area contributed by atoms with Gasteiger partial charge in [-0.3, -0.25) is 14.9 Å². The van der Waals surface area contributed by atoms with E-state index in [4.69, 9.17) is 19.8 Å². The number of nitrogens with one attached hydrogen (secondary N) is 1. The van der Waals surface area contributed by atoms with Crippen molar-refractivity contribution in [2.45, 2.75) is 19.5 Å². The maximum absolute atomic E-state index is 9.10. The van der Waals surface area contributed by atoms with Crippen molar-refractivity contribution in [3.63, 3.8) is 0 Å². The molecule has 0 unspecified atom stereocenters. The van der Waals surface area contributed by atoms with Crippen LogP contribution >= 0.6 is 0 Å². The summed E-state index contributed by atoms with van der Waals surface area (Å²) < 4.78 is 0. The van der Waals surface area contributed by atoms with E-state index in [1.807, 2.05) is 6.20 Å². The summed E-state index contributed by atoms with van der Waals surface area (Å²) in [6.07, 6.45) is 1.98. The van der Waals surface area contributed by atoms with Crippen LogP contribution in [-0.4, -0.2) is 68.3 Å². The normalized spacial score (nSPS) is 14.1. The van der Waals surface area contributed by atoms with Crippen LogP contribution in [0.5, 0.6) is 0 Å². The Morgan fingerprint density at radius 3 is 1.84 bits per heavy atom. The Morgan fingerprint density at radius 1 is 0.816 bits per heavy atom. The predicted octanol–water partition coefficient (Wildman–Crippen LogP) is 4.45. The average Bonchev–Trinajstić information content (AvgIpc) is 3.40. The van der Waals surface area contributed by atoms with Crippen molar-refractivity contribution in [3.8, 4) is 11.3 Å². The molecule has 0 radical (unpaired) electrons. The second kappa shape index (κ2) is 12.8. The Bertz CT molecular complexity index is 1260. The van der Waals surface area contributed by atoms with Gasteiger partial charge >= 0.3 is 11.9 Å². The lowest BCUT2D eigenvalue weighted by molar-refractivity contribution is -0.159. The third-order valence-corrected chi connectivity index (χ3v) is 6.64. The summed E-state index contributed by atoms with van der Waals surface area (Å²) in [5.74, 6) is -3.65. The first kappa shape index (κ1) is 26.8. The molecule has 38 heavy (non-hydrogen) atoms. The summed E-state index contributed by atoms with van der Waals surface area (Å²) >= 11 is 0. The van der Waals surface area contributed by atoms with Crippen LogP contribution in [-0.2, 0) is 16.1 Å². The van der Waals surface area contributed by atoms with E-state index >= 15 is 0 Å². The van der Waals surface area contributed by atoms with E-state index in [1.54, 1.807) is 0 Å². The maximum atomic E-state index is 9.10. The molecule has 0 saturated carbocycles. The number of piperazine rings is 1. The molecule has 1 saturated heterocycles. The van der Waals surface area contributed by atoms with Crippen molar-refractivity contribution in [2.24, 2.45) is 0 Å². The van der Waals surface area contributed by atoms with Gasteiger partial charge in [0.05, 0.1) is 17.9 Å². The molecule has 8 heteroatoms. The smallest absolute Gasteiger partial charge is 0.414 e. The molecular weight excluding hydrogens is 480 g/mol. The van der Waals surface area contributed by atoms with E-state index in [9.17, 15) is 0 Å². The Kier molecular flexibility index (Phi) is 9.02. The molecule has 3 aromatic carbocycles. The fourth-order valence-electron chi connectivity index (χ4n) is 4.71. The highest BCUT2D eigenvalue weighted by atomic mass is 16.4. The fraction of sp³-hybridized carbons (Fsp3) is 0.233. The zero-order chi connectivity index (χ0) is 26.9. The van der Waals surface area contributed by atoms with Gasteiger partial charge in [0.15, 0.2) is 0 Å². The van der Waals surface area contributed by atoms with Gasteiger partial charge in [-0.25, -0.2) is 9.59 Å². The van der Waals surface area contributed by atoms with Crippen molar-refractivity contribution in [3.05, 3.63) is 113 Å². The minimum absolute atomic E-state index is 0.302. The molecule has 0 aliphatic carbocycles. The van der Waals surface area contributed by atoms with Crippen LogP contribution in [0.25, 0.3) is 11.3 Å². The van der Waals surface area contributed by atoms with Crippen LogP contribution in [0, 0.1) is 6.92 Å². The summed E-state index contributed by atoms with van der Waals surface area (Å²) in [6.45, 7) is 7.24. The topological polar surface area (TPSA) is 110 Å². The zero-order valence-corrected chi connectivity index (χ0v) is 21.3. The number of aryl methyl sites for hydroxylation is 1. The molecule has 2 heterocycles. The van der Waals surface area contributed by atoms with Crippen molar-refractivity contribution in [1.82, 2.24) is 20.0 Å². The first-order valence-electron chi connectivity index (χ1n) is 12.5. The Balaban J connectivity index is 0.000000505. The van der Waals surface area contributed by atoms with Gasteiger partial charge in [0, 0.05) is 38.3 Å². The molecule has 0 bridgehead atoms. The molecule has 1 aliphatic rings. The largest absolute Gasteiger partial charge is 0.473 e. The van der Waals surface area contributed by atoms with E-state index < -0.39 is 11.9 Å². The number of aromatic nitrogens is 2. The number of carboxylic acids is 2. The SMILES string of the molecule is Cc1ccc(-c2[nH]ncc2CN2CCN(C(c3ccccc3)c3ccccc3)CC2)cc1.O=C(O)C(=O)O.